The Kier molecular flexibility index (Phi) is 76.3. The van der Waals surface area contributed by atoms with Gasteiger partial charge in [-0.05, 0) is 31.6 Å². The van der Waals surface area contributed by atoms with Gasteiger partial charge in [-0.15, -0.1) is 0 Å². The molecule has 0 bridgehead atoms. The fourth-order valence-corrected chi connectivity index (χ4v) is 14.9. The summed E-state index contributed by atoms with van der Waals surface area (Å²) in [4.78, 5) is 73.2. The highest BCUT2D eigenvalue weighted by Gasteiger charge is 2.30. The molecule has 0 aliphatic carbocycles. The monoisotopic (exact) mass is 1520 g/mol. The molecule has 104 heavy (non-hydrogen) atoms. The molecule has 17 nitrogen and oxygen atoms in total. The smallest absolute Gasteiger partial charge is 0.462 e. The Hall–Kier alpha value is -1.94. The summed E-state index contributed by atoms with van der Waals surface area (Å²) in [7, 11) is -9.93. The van der Waals surface area contributed by atoms with Crippen LogP contribution in [0.5, 0.6) is 0 Å². The molecule has 0 heterocycles. The maximum atomic E-state index is 13.1. The Labute approximate surface area is 638 Å². The average Bonchev–Trinajstić information content (AvgIpc) is 0.903. The molecular weight excluding hydrogens is 1350 g/mol. The minimum absolute atomic E-state index is 0.108. The molecule has 0 rings (SSSR count). The van der Waals surface area contributed by atoms with Gasteiger partial charge in [0, 0.05) is 25.7 Å². The predicted octanol–water partition coefficient (Wildman–Crippen LogP) is 26.0. The molecule has 0 saturated heterocycles. The largest absolute Gasteiger partial charge is 0.472 e. The Bertz CT molecular complexity index is 1980. The van der Waals surface area contributed by atoms with Crippen LogP contribution in [0.3, 0.4) is 0 Å². The van der Waals surface area contributed by atoms with Gasteiger partial charge in [-0.25, -0.2) is 9.13 Å². The summed E-state index contributed by atoms with van der Waals surface area (Å²) in [5.74, 6) is -1.31. The first-order valence-corrected chi connectivity index (χ1v) is 47.1. The number of hydrogen-bond donors (Lipinski definition) is 3. The van der Waals surface area contributed by atoms with Crippen molar-refractivity contribution in [3.63, 3.8) is 0 Å². The van der Waals surface area contributed by atoms with Gasteiger partial charge in [0.25, 0.3) is 0 Å². The second-order valence-electron chi connectivity index (χ2n) is 31.1. The molecule has 618 valence electrons. The van der Waals surface area contributed by atoms with Crippen molar-refractivity contribution in [3.05, 3.63) is 0 Å². The molecule has 0 saturated carbocycles. The van der Waals surface area contributed by atoms with E-state index >= 15 is 0 Å². The zero-order valence-electron chi connectivity index (χ0n) is 68.2. The number of carbonyl (C=O) groups is 4. The van der Waals surface area contributed by atoms with Crippen LogP contribution < -0.4 is 0 Å². The van der Waals surface area contributed by atoms with Crippen LogP contribution in [0.4, 0.5) is 0 Å². The first kappa shape index (κ1) is 102. The summed E-state index contributed by atoms with van der Waals surface area (Å²) >= 11 is 0. The van der Waals surface area contributed by atoms with Crippen molar-refractivity contribution in [3.8, 4) is 0 Å². The van der Waals surface area contributed by atoms with Crippen molar-refractivity contribution in [2.75, 3.05) is 39.6 Å². The number of aliphatic hydroxyl groups excluding tert-OH is 1. The summed E-state index contributed by atoms with van der Waals surface area (Å²) in [5, 5.41) is 10.7. The van der Waals surface area contributed by atoms with Crippen molar-refractivity contribution in [2.24, 2.45) is 5.92 Å². The lowest BCUT2D eigenvalue weighted by Gasteiger charge is -2.21. The van der Waals surface area contributed by atoms with Crippen molar-refractivity contribution in [1.29, 1.82) is 0 Å². The van der Waals surface area contributed by atoms with Gasteiger partial charge in [0.05, 0.1) is 26.4 Å². The Balaban J connectivity index is 5.24. The van der Waals surface area contributed by atoms with Crippen LogP contribution in [-0.4, -0.2) is 96.7 Å². The lowest BCUT2D eigenvalue weighted by atomic mass is 10.0. The summed E-state index contributed by atoms with van der Waals surface area (Å²) in [6.07, 6.45) is 70.7. The van der Waals surface area contributed by atoms with Gasteiger partial charge in [-0.3, -0.25) is 37.3 Å². The van der Waals surface area contributed by atoms with E-state index in [9.17, 15) is 43.2 Å². The van der Waals surface area contributed by atoms with Crippen molar-refractivity contribution in [2.45, 2.75) is 477 Å². The molecule has 0 radical (unpaired) electrons. The molecule has 0 aromatic heterocycles. The normalized spacial score (nSPS) is 13.8. The fourth-order valence-electron chi connectivity index (χ4n) is 13.3. The van der Waals surface area contributed by atoms with Crippen molar-refractivity contribution >= 4 is 39.5 Å². The molecule has 0 amide bonds. The van der Waals surface area contributed by atoms with E-state index in [1.807, 2.05) is 0 Å². The Morgan fingerprint density at radius 3 is 0.654 bits per heavy atom. The first-order chi connectivity index (χ1) is 50.5. The number of phosphoric ester groups is 2. The third-order valence-electron chi connectivity index (χ3n) is 20.0. The number of esters is 4. The van der Waals surface area contributed by atoms with Gasteiger partial charge in [-0.1, -0.05) is 407 Å². The molecule has 3 N–H and O–H groups in total. The molecule has 0 aromatic rings. The van der Waals surface area contributed by atoms with E-state index in [4.69, 9.17) is 37.0 Å². The van der Waals surface area contributed by atoms with E-state index in [0.29, 0.717) is 25.7 Å². The molecule has 0 aromatic carbocycles. The number of hydrogen-bond acceptors (Lipinski definition) is 15. The maximum absolute atomic E-state index is 13.1. The van der Waals surface area contributed by atoms with E-state index in [0.717, 1.165) is 95.8 Å². The minimum atomic E-state index is -4.96. The van der Waals surface area contributed by atoms with E-state index in [1.165, 1.54) is 283 Å². The Morgan fingerprint density at radius 1 is 0.260 bits per heavy atom. The summed E-state index contributed by atoms with van der Waals surface area (Å²) in [5.41, 5.74) is 0. The van der Waals surface area contributed by atoms with E-state index in [1.54, 1.807) is 0 Å². The second-order valence-corrected chi connectivity index (χ2v) is 34.0. The highest BCUT2D eigenvalue weighted by Crippen LogP contribution is 2.45. The van der Waals surface area contributed by atoms with Crippen LogP contribution in [0.15, 0.2) is 0 Å². The highest BCUT2D eigenvalue weighted by molar-refractivity contribution is 7.47. The van der Waals surface area contributed by atoms with Crippen LogP contribution in [-0.2, 0) is 65.4 Å². The average molecular weight is 1520 g/mol. The predicted molar refractivity (Wildman–Crippen MR) is 428 cm³/mol. The number of ether oxygens (including phenoxy) is 4. The van der Waals surface area contributed by atoms with Crippen molar-refractivity contribution in [1.82, 2.24) is 0 Å². The number of carbonyl (C=O) groups excluding carboxylic acids is 4. The van der Waals surface area contributed by atoms with Gasteiger partial charge >= 0.3 is 39.5 Å². The van der Waals surface area contributed by atoms with Crippen LogP contribution in [0.1, 0.15) is 458 Å². The van der Waals surface area contributed by atoms with Gasteiger partial charge in [0.2, 0.25) is 0 Å². The van der Waals surface area contributed by atoms with E-state index in [-0.39, 0.29) is 25.7 Å². The summed E-state index contributed by atoms with van der Waals surface area (Å²) < 4.78 is 68.9. The maximum Gasteiger partial charge on any atom is 0.472 e. The lowest BCUT2D eigenvalue weighted by Crippen LogP contribution is -2.30. The van der Waals surface area contributed by atoms with Crippen LogP contribution in [0.2, 0.25) is 0 Å². The highest BCUT2D eigenvalue weighted by atomic mass is 31.2. The van der Waals surface area contributed by atoms with Gasteiger partial charge in [-0.2, -0.15) is 0 Å². The molecule has 0 fully saturated rings. The molecular formula is C85H166O17P2. The number of rotatable bonds is 85. The molecule has 0 spiro atoms. The standard InChI is InChI=1S/C85H166O17P2/c1-6-9-12-15-18-21-24-26-28-30-31-32-34-36-40-45-50-55-60-65-70-84(89)102-81(75-96-83(88)69-64-59-54-49-44-39-35-33-29-27-25-22-19-16-13-10-7-2)77-100-104(93,94)98-73-79(86)72-97-103(91,92)99-76-80(74-95-82(87)68-63-58-53-48-42-23-20-17-14-11-8-3)101-85(90)71-66-61-56-51-46-41-37-38-43-47-52-57-62-67-78(4)5/h78-81,86H,6-77H2,1-5H3,(H,91,92)(H,93,94)/t79-,80+,81+/m0/s1. The molecule has 19 heteroatoms. The molecule has 2 unspecified atom stereocenters. The van der Waals surface area contributed by atoms with Crippen LogP contribution in [0, 0.1) is 5.92 Å². The summed E-state index contributed by atoms with van der Waals surface area (Å²) in [6.45, 7) is 7.37. The van der Waals surface area contributed by atoms with Crippen LogP contribution >= 0.6 is 15.6 Å². The van der Waals surface area contributed by atoms with E-state index in [2.05, 4.69) is 34.6 Å². The van der Waals surface area contributed by atoms with Crippen molar-refractivity contribution < 1.29 is 80.2 Å². The Morgan fingerprint density at radius 2 is 0.442 bits per heavy atom. The van der Waals surface area contributed by atoms with Gasteiger partial charge < -0.3 is 33.8 Å². The number of aliphatic hydroxyl groups is 1. The second kappa shape index (κ2) is 77.8. The topological polar surface area (TPSA) is 237 Å². The van der Waals surface area contributed by atoms with Gasteiger partial charge in [0.1, 0.15) is 19.3 Å². The zero-order valence-corrected chi connectivity index (χ0v) is 70.0. The van der Waals surface area contributed by atoms with E-state index < -0.39 is 97.5 Å². The fraction of sp³-hybridized carbons (Fsp3) is 0.953. The molecule has 5 atom stereocenters. The third kappa shape index (κ3) is 78.2. The number of phosphoric acid groups is 2. The SMILES string of the molecule is CCCCCCCCCCCCCCCCCCCCCCC(=O)O[C@H](COC(=O)CCCCCCCCCCCCCCCCCCC)COP(=O)(O)OC[C@@H](O)COP(=O)(O)OC[C@@H](COC(=O)CCCCCCCCCCCCC)OC(=O)CCCCCCCCCCCCCCCC(C)C. The molecule has 0 aliphatic heterocycles. The van der Waals surface area contributed by atoms with Gasteiger partial charge in [0.15, 0.2) is 12.2 Å². The summed E-state index contributed by atoms with van der Waals surface area (Å²) in [6, 6.07) is 0. The number of unbranched alkanes of at least 4 members (excludes halogenated alkanes) is 57. The third-order valence-corrected chi connectivity index (χ3v) is 21.9. The first-order valence-electron chi connectivity index (χ1n) is 44.1. The zero-order chi connectivity index (χ0) is 76.2. The molecule has 0 aliphatic rings. The quantitative estimate of drug-likeness (QED) is 0.0222. The lowest BCUT2D eigenvalue weighted by molar-refractivity contribution is -0.161. The van der Waals surface area contributed by atoms with Crippen LogP contribution in [0.25, 0.3) is 0 Å². The minimum Gasteiger partial charge on any atom is -0.462 e.